The van der Waals surface area contributed by atoms with E-state index in [-0.39, 0.29) is 17.9 Å². The van der Waals surface area contributed by atoms with Crippen molar-refractivity contribution in [1.82, 2.24) is 15.1 Å². The molecule has 3 N–H and O–H groups in total. The van der Waals surface area contributed by atoms with Crippen molar-refractivity contribution in [2.45, 2.75) is 31.6 Å². The van der Waals surface area contributed by atoms with Crippen molar-refractivity contribution in [2.75, 3.05) is 5.32 Å². The number of nitrogens with one attached hydrogen (secondary N) is 2. The Labute approximate surface area is 159 Å². The number of carboxylic acids is 1. The lowest BCUT2D eigenvalue weighted by molar-refractivity contribution is -0.147. The van der Waals surface area contributed by atoms with Crippen LogP contribution in [0.3, 0.4) is 0 Å². The van der Waals surface area contributed by atoms with E-state index in [1.807, 2.05) is 0 Å². The zero-order chi connectivity index (χ0) is 19.8. The molecule has 2 aliphatic heterocycles. The Bertz CT molecular complexity index is 905. The molecule has 2 saturated heterocycles. The van der Waals surface area contributed by atoms with Gasteiger partial charge in [-0.1, -0.05) is 0 Å². The molecule has 2 aromatic rings. The van der Waals surface area contributed by atoms with Crippen molar-refractivity contribution in [2.24, 2.45) is 18.9 Å². The molecule has 2 bridgehead atoms. The Balaban J connectivity index is 1.48. The van der Waals surface area contributed by atoms with Crippen LogP contribution >= 0.6 is 0 Å². The van der Waals surface area contributed by atoms with Crippen molar-refractivity contribution in [3.8, 4) is 0 Å². The predicted octanol–water partition coefficient (Wildman–Crippen LogP) is 0.760. The van der Waals surface area contributed by atoms with Crippen LogP contribution in [0.15, 0.2) is 29.0 Å². The maximum Gasteiger partial charge on any atom is 0.310 e. The van der Waals surface area contributed by atoms with E-state index in [1.165, 1.54) is 17.1 Å². The molecule has 2 aliphatic rings. The van der Waals surface area contributed by atoms with Crippen LogP contribution in [0, 0.1) is 11.8 Å². The molecule has 10 nitrogen and oxygen atoms in total. The van der Waals surface area contributed by atoms with Crippen molar-refractivity contribution >= 4 is 23.5 Å². The third-order valence-electron chi connectivity index (χ3n) is 5.17. The van der Waals surface area contributed by atoms with Gasteiger partial charge in [0.2, 0.25) is 5.91 Å². The number of nitrogens with zero attached hydrogens (tertiary/aromatic N) is 2. The van der Waals surface area contributed by atoms with E-state index in [4.69, 9.17) is 9.15 Å². The second-order valence-electron chi connectivity index (χ2n) is 7.00. The van der Waals surface area contributed by atoms with Crippen LogP contribution in [-0.2, 0) is 27.9 Å². The van der Waals surface area contributed by atoms with Crippen LogP contribution in [0.4, 0.5) is 5.69 Å². The van der Waals surface area contributed by atoms with E-state index >= 15 is 0 Å². The van der Waals surface area contributed by atoms with Gasteiger partial charge in [-0.3, -0.25) is 19.1 Å². The zero-order valence-electron chi connectivity index (χ0n) is 15.1. The number of rotatable bonds is 6. The van der Waals surface area contributed by atoms with Gasteiger partial charge >= 0.3 is 5.97 Å². The van der Waals surface area contributed by atoms with Gasteiger partial charge in [0.15, 0.2) is 5.69 Å². The summed E-state index contributed by atoms with van der Waals surface area (Å²) in [6.07, 6.45) is 3.44. The smallest absolute Gasteiger partial charge is 0.310 e. The van der Waals surface area contributed by atoms with Crippen molar-refractivity contribution in [3.05, 3.63) is 36.0 Å². The normalized spacial score (nSPS) is 25.6. The molecule has 0 radical (unpaired) electrons. The number of hydrogen-bond acceptors (Lipinski definition) is 6. The molecule has 0 aromatic carbocycles. The Kier molecular flexibility index (Phi) is 4.63. The first-order valence-corrected chi connectivity index (χ1v) is 8.97. The van der Waals surface area contributed by atoms with Gasteiger partial charge in [-0.15, -0.1) is 0 Å². The van der Waals surface area contributed by atoms with Gasteiger partial charge in [0.1, 0.15) is 5.76 Å². The van der Waals surface area contributed by atoms with Gasteiger partial charge in [0.25, 0.3) is 5.91 Å². The highest BCUT2D eigenvalue weighted by atomic mass is 16.5. The Morgan fingerprint density at radius 1 is 1.29 bits per heavy atom. The van der Waals surface area contributed by atoms with Crippen LogP contribution < -0.4 is 10.6 Å². The van der Waals surface area contributed by atoms with Crippen LogP contribution in [0.1, 0.15) is 29.1 Å². The molecule has 4 atom stereocenters. The molecule has 2 fully saturated rings. The summed E-state index contributed by atoms with van der Waals surface area (Å²) >= 11 is 0. The first-order valence-electron chi connectivity index (χ1n) is 8.97. The van der Waals surface area contributed by atoms with Crippen molar-refractivity contribution < 1.29 is 28.6 Å². The number of amides is 2. The minimum atomic E-state index is -1.05. The molecule has 0 spiro atoms. The number of aryl methyl sites for hydroxylation is 1. The molecule has 0 unspecified atom stereocenters. The van der Waals surface area contributed by atoms with Gasteiger partial charge in [-0.05, 0) is 25.0 Å². The third-order valence-corrected chi connectivity index (χ3v) is 5.17. The number of fused-ring (bicyclic) bond motifs is 2. The molecule has 0 saturated carbocycles. The van der Waals surface area contributed by atoms with Gasteiger partial charge in [0, 0.05) is 13.2 Å². The molecule has 2 aromatic heterocycles. The molecule has 4 rings (SSSR count). The number of anilines is 1. The fourth-order valence-electron chi connectivity index (χ4n) is 3.95. The maximum absolute atomic E-state index is 12.8. The van der Waals surface area contributed by atoms with Crippen LogP contribution in [0.5, 0.6) is 0 Å². The summed E-state index contributed by atoms with van der Waals surface area (Å²) in [6, 6.07) is 3.44. The summed E-state index contributed by atoms with van der Waals surface area (Å²) in [5, 5.41) is 18.9. The van der Waals surface area contributed by atoms with Crippen molar-refractivity contribution in [1.29, 1.82) is 0 Å². The number of furan rings is 1. The molecular formula is C18H20N4O6. The second kappa shape index (κ2) is 7.12. The maximum atomic E-state index is 12.8. The Hall–Kier alpha value is -3.14. The van der Waals surface area contributed by atoms with Crippen LogP contribution in [0.2, 0.25) is 0 Å². The summed E-state index contributed by atoms with van der Waals surface area (Å²) in [6.45, 7) is 0.178. The van der Waals surface area contributed by atoms with Gasteiger partial charge in [0.05, 0.1) is 42.5 Å². The van der Waals surface area contributed by atoms with Gasteiger partial charge in [-0.2, -0.15) is 5.10 Å². The first-order chi connectivity index (χ1) is 13.4. The quantitative estimate of drug-likeness (QED) is 0.665. The lowest BCUT2D eigenvalue weighted by Gasteiger charge is -2.23. The minimum absolute atomic E-state index is 0.0401. The number of aromatic nitrogens is 2. The zero-order valence-corrected chi connectivity index (χ0v) is 15.1. The number of ether oxygens (including phenoxy) is 1. The Morgan fingerprint density at radius 3 is 2.71 bits per heavy atom. The highest BCUT2D eigenvalue weighted by molar-refractivity contribution is 6.03. The van der Waals surface area contributed by atoms with E-state index in [0.717, 1.165) is 0 Å². The molecule has 2 amide bonds. The largest absolute Gasteiger partial charge is 0.481 e. The minimum Gasteiger partial charge on any atom is -0.481 e. The highest BCUT2D eigenvalue weighted by Gasteiger charge is 2.55. The number of aliphatic carboxylic acids is 1. The number of carbonyl (C=O) groups excluding carboxylic acids is 2. The van der Waals surface area contributed by atoms with Crippen molar-refractivity contribution in [3.63, 3.8) is 0 Å². The molecular weight excluding hydrogens is 368 g/mol. The fraction of sp³-hybridized carbons (Fsp3) is 0.444. The third kappa shape index (κ3) is 3.26. The topological polar surface area (TPSA) is 136 Å². The molecule has 28 heavy (non-hydrogen) atoms. The standard InChI is InChI=1S/C18H20N4O6/c1-22-8-10(15(21-22)17(24)19-7-9-3-2-6-27-9)20-16(23)13-11-4-5-12(28-11)14(13)18(25)26/h2-3,6,8,11-14H,4-5,7H2,1H3,(H,19,24)(H,20,23)(H,25,26)/t11-,12-,13-,14+/m1/s1. The highest BCUT2D eigenvalue weighted by Crippen LogP contribution is 2.44. The van der Waals surface area contributed by atoms with E-state index in [9.17, 15) is 19.5 Å². The van der Waals surface area contributed by atoms with Crippen LogP contribution in [-0.4, -0.2) is 44.9 Å². The van der Waals surface area contributed by atoms with Gasteiger partial charge < -0.3 is 24.9 Å². The van der Waals surface area contributed by atoms with E-state index in [0.29, 0.717) is 18.6 Å². The number of hydrogen-bond donors (Lipinski definition) is 3. The number of carboxylic acid groups (broad SMARTS) is 1. The summed E-state index contributed by atoms with van der Waals surface area (Å²) in [4.78, 5) is 36.9. The average Bonchev–Trinajstić information content (AvgIpc) is 3.43. The summed E-state index contributed by atoms with van der Waals surface area (Å²) in [7, 11) is 1.62. The Morgan fingerprint density at radius 2 is 2.04 bits per heavy atom. The predicted molar refractivity (Wildman–Crippen MR) is 94.2 cm³/mol. The lowest BCUT2D eigenvalue weighted by Crippen LogP contribution is -2.41. The summed E-state index contributed by atoms with van der Waals surface area (Å²) in [5.41, 5.74) is 0.259. The SMILES string of the molecule is Cn1cc(NC(=O)[C@H]2[C@@H](C(=O)O)[C@H]3CC[C@H]2O3)c(C(=O)NCc2ccco2)n1. The summed E-state index contributed by atoms with van der Waals surface area (Å²) in [5.74, 6) is -3.10. The molecule has 0 aliphatic carbocycles. The average molecular weight is 388 g/mol. The summed E-state index contributed by atoms with van der Waals surface area (Å²) < 4.78 is 12.2. The molecule has 10 heteroatoms. The lowest BCUT2D eigenvalue weighted by atomic mass is 9.78. The number of carbonyl (C=O) groups is 3. The van der Waals surface area contributed by atoms with E-state index < -0.39 is 41.8 Å². The molecule has 148 valence electrons. The molecule has 4 heterocycles. The first kappa shape index (κ1) is 18.2. The second-order valence-corrected chi connectivity index (χ2v) is 7.00. The van der Waals surface area contributed by atoms with Crippen LogP contribution in [0.25, 0.3) is 0 Å². The fourth-order valence-corrected chi connectivity index (χ4v) is 3.95. The van der Waals surface area contributed by atoms with E-state index in [1.54, 1.807) is 19.2 Å². The van der Waals surface area contributed by atoms with Gasteiger partial charge in [-0.25, -0.2) is 0 Å². The monoisotopic (exact) mass is 388 g/mol. The van der Waals surface area contributed by atoms with E-state index in [2.05, 4.69) is 15.7 Å².